The molecule has 0 radical (unpaired) electrons. The van der Waals surface area contributed by atoms with Crippen LogP contribution in [0, 0.1) is 5.41 Å². The van der Waals surface area contributed by atoms with Gasteiger partial charge in [-0.05, 0) is 32.3 Å². The van der Waals surface area contributed by atoms with Crippen molar-refractivity contribution in [2.75, 3.05) is 19.8 Å². The van der Waals surface area contributed by atoms with Crippen molar-refractivity contribution in [3.05, 3.63) is 18.0 Å². The van der Waals surface area contributed by atoms with Crippen LogP contribution in [-0.4, -0.2) is 54.1 Å². The zero-order valence-corrected chi connectivity index (χ0v) is 13.7. The average molecular weight is 343 g/mol. The minimum atomic E-state index is -2.55. The minimum Gasteiger partial charge on any atom is -0.381 e. The van der Waals surface area contributed by atoms with Crippen LogP contribution in [0.25, 0.3) is 0 Å². The molecule has 1 aliphatic carbocycles. The Morgan fingerprint density at radius 2 is 2.29 bits per heavy atom. The molecule has 0 bridgehead atoms. The van der Waals surface area contributed by atoms with Gasteiger partial charge in [-0.2, -0.15) is 5.10 Å². The molecular formula is C16H23F2N3O3. The molecule has 2 fully saturated rings. The van der Waals surface area contributed by atoms with E-state index >= 15 is 0 Å². The molecule has 2 heterocycles. The van der Waals surface area contributed by atoms with Crippen LogP contribution in [0.4, 0.5) is 8.78 Å². The van der Waals surface area contributed by atoms with Gasteiger partial charge < -0.3 is 14.8 Å². The molecule has 1 spiro atoms. The fourth-order valence-electron chi connectivity index (χ4n) is 3.84. The molecule has 1 aromatic heterocycles. The van der Waals surface area contributed by atoms with Gasteiger partial charge in [-0.25, -0.2) is 8.78 Å². The van der Waals surface area contributed by atoms with Gasteiger partial charge in [0.25, 0.3) is 12.3 Å². The molecule has 1 amide bonds. The normalized spacial score (nSPS) is 25.7. The van der Waals surface area contributed by atoms with Crippen molar-refractivity contribution in [2.24, 2.45) is 5.41 Å². The summed E-state index contributed by atoms with van der Waals surface area (Å²) in [5.41, 5.74) is 0.0506. The third kappa shape index (κ3) is 3.17. The molecule has 2 atom stereocenters. The highest BCUT2D eigenvalue weighted by Crippen LogP contribution is 2.50. The molecule has 134 valence electrons. The fourth-order valence-corrected chi connectivity index (χ4v) is 3.84. The van der Waals surface area contributed by atoms with Crippen LogP contribution in [0.15, 0.2) is 12.3 Å². The summed E-state index contributed by atoms with van der Waals surface area (Å²) in [6, 6.07) is 1.44. The van der Waals surface area contributed by atoms with Gasteiger partial charge >= 0.3 is 0 Å². The topological polar surface area (TPSA) is 65.4 Å². The van der Waals surface area contributed by atoms with E-state index < -0.39 is 13.0 Å². The maximum absolute atomic E-state index is 12.6. The lowest BCUT2D eigenvalue weighted by Crippen LogP contribution is -2.66. The van der Waals surface area contributed by atoms with Crippen molar-refractivity contribution >= 4 is 5.91 Å². The first-order valence-corrected chi connectivity index (χ1v) is 8.37. The molecule has 24 heavy (non-hydrogen) atoms. The molecule has 3 rings (SSSR count). The lowest BCUT2D eigenvalue weighted by Gasteiger charge is -2.57. The molecule has 0 aromatic carbocycles. The zero-order chi connectivity index (χ0) is 17.2. The summed E-state index contributed by atoms with van der Waals surface area (Å²) < 4.78 is 37.5. The highest BCUT2D eigenvalue weighted by molar-refractivity contribution is 5.92. The van der Waals surface area contributed by atoms with Gasteiger partial charge in [0, 0.05) is 37.5 Å². The lowest BCUT2D eigenvalue weighted by atomic mass is 9.57. The van der Waals surface area contributed by atoms with E-state index in [2.05, 4.69) is 10.4 Å². The number of carbonyl (C=O) groups excluding carboxylic acids is 1. The Bertz CT molecular complexity index is 573. The van der Waals surface area contributed by atoms with Crippen molar-refractivity contribution in [1.29, 1.82) is 0 Å². The average Bonchev–Trinajstić information content (AvgIpc) is 3.02. The first-order chi connectivity index (χ1) is 11.6. The summed E-state index contributed by atoms with van der Waals surface area (Å²) in [4.78, 5) is 12.5. The van der Waals surface area contributed by atoms with Gasteiger partial charge in [0.15, 0.2) is 0 Å². The van der Waals surface area contributed by atoms with Crippen LogP contribution in [0.3, 0.4) is 0 Å². The van der Waals surface area contributed by atoms with E-state index in [0.29, 0.717) is 19.8 Å². The summed E-state index contributed by atoms with van der Waals surface area (Å²) in [6.45, 7) is 3.32. The van der Waals surface area contributed by atoms with E-state index in [-0.39, 0.29) is 29.2 Å². The maximum Gasteiger partial charge on any atom is 0.269 e. The number of alkyl halides is 2. The third-order valence-corrected chi connectivity index (χ3v) is 5.14. The van der Waals surface area contributed by atoms with Crippen LogP contribution < -0.4 is 5.32 Å². The number of aromatic nitrogens is 2. The van der Waals surface area contributed by atoms with Crippen molar-refractivity contribution in [2.45, 2.75) is 51.3 Å². The number of rotatable bonds is 6. The monoisotopic (exact) mass is 343 g/mol. The van der Waals surface area contributed by atoms with Crippen LogP contribution in [0.5, 0.6) is 0 Å². The number of hydrogen-bond acceptors (Lipinski definition) is 4. The van der Waals surface area contributed by atoms with Crippen LogP contribution in [0.1, 0.15) is 36.7 Å². The minimum absolute atomic E-state index is 0.0275. The van der Waals surface area contributed by atoms with Gasteiger partial charge in [0.2, 0.25) is 0 Å². The van der Waals surface area contributed by atoms with Crippen LogP contribution in [-0.2, 0) is 16.0 Å². The van der Waals surface area contributed by atoms with Crippen molar-refractivity contribution in [1.82, 2.24) is 15.1 Å². The number of halogens is 2. The number of ether oxygens (including phenoxy) is 2. The number of hydrogen-bond donors (Lipinski definition) is 1. The van der Waals surface area contributed by atoms with Gasteiger partial charge in [-0.1, -0.05) is 0 Å². The summed E-state index contributed by atoms with van der Waals surface area (Å²) in [5.74, 6) is -0.362. The Balaban J connectivity index is 1.69. The second-order valence-electron chi connectivity index (χ2n) is 6.34. The van der Waals surface area contributed by atoms with Gasteiger partial charge in [-0.3, -0.25) is 9.48 Å². The van der Waals surface area contributed by atoms with E-state index in [1.807, 2.05) is 6.92 Å². The molecule has 6 nitrogen and oxygen atoms in total. The SMILES string of the molecule is CCO[C@@H]1C[C@@H](NC(=O)c2ccnn2CC(F)F)C12CCOCC2. The highest BCUT2D eigenvalue weighted by Gasteiger charge is 2.56. The molecule has 1 saturated heterocycles. The Morgan fingerprint density at radius 1 is 1.54 bits per heavy atom. The number of carbonyl (C=O) groups is 1. The molecular weight excluding hydrogens is 320 g/mol. The summed E-state index contributed by atoms with van der Waals surface area (Å²) in [5, 5.41) is 6.81. The molecule has 1 aliphatic heterocycles. The van der Waals surface area contributed by atoms with Crippen molar-refractivity contribution in [3.63, 3.8) is 0 Å². The second kappa shape index (κ2) is 7.14. The highest BCUT2D eigenvalue weighted by atomic mass is 19.3. The Morgan fingerprint density at radius 3 is 2.96 bits per heavy atom. The molecule has 8 heteroatoms. The predicted molar refractivity (Wildman–Crippen MR) is 82.0 cm³/mol. The van der Waals surface area contributed by atoms with Gasteiger partial charge in [0.1, 0.15) is 12.2 Å². The van der Waals surface area contributed by atoms with E-state index in [1.165, 1.54) is 12.3 Å². The number of nitrogens with one attached hydrogen (secondary N) is 1. The fraction of sp³-hybridized carbons (Fsp3) is 0.750. The van der Waals surface area contributed by atoms with Crippen molar-refractivity contribution in [3.8, 4) is 0 Å². The summed E-state index contributed by atoms with van der Waals surface area (Å²) in [7, 11) is 0. The summed E-state index contributed by atoms with van der Waals surface area (Å²) in [6.07, 6.45) is 1.33. The third-order valence-electron chi connectivity index (χ3n) is 5.14. The van der Waals surface area contributed by atoms with E-state index in [9.17, 15) is 13.6 Å². The lowest BCUT2D eigenvalue weighted by molar-refractivity contribution is -0.170. The first kappa shape index (κ1) is 17.3. The zero-order valence-electron chi connectivity index (χ0n) is 13.7. The largest absolute Gasteiger partial charge is 0.381 e. The Hall–Kier alpha value is -1.54. The number of amides is 1. The molecule has 0 unspecified atom stereocenters. The van der Waals surface area contributed by atoms with E-state index in [1.54, 1.807) is 0 Å². The molecule has 1 saturated carbocycles. The van der Waals surface area contributed by atoms with E-state index in [4.69, 9.17) is 9.47 Å². The van der Waals surface area contributed by atoms with Crippen molar-refractivity contribution < 1.29 is 23.0 Å². The maximum atomic E-state index is 12.6. The quantitative estimate of drug-likeness (QED) is 0.856. The second-order valence-corrected chi connectivity index (χ2v) is 6.34. The first-order valence-electron chi connectivity index (χ1n) is 8.37. The van der Waals surface area contributed by atoms with E-state index in [0.717, 1.165) is 23.9 Å². The standard InChI is InChI=1S/C16H23F2N3O3/c1-2-24-13-9-12(16(13)4-7-23-8-5-16)20-15(22)11-3-6-19-21(11)10-14(17)18/h3,6,12-14H,2,4-5,7-10H2,1H3,(H,20,22)/t12-,13-/m1/s1. The predicted octanol–water partition coefficient (Wildman–Crippen LogP) is 1.85. The number of nitrogens with zero attached hydrogens (tertiary/aromatic N) is 2. The molecule has 2 aliphatic rings. The van der Waals surface area contributed by atoms with Crippen LogP contribution in [0.2, 0.25) is 0 Å². The summed E-state index contributed by atoms with van der Waals surface area (Å²) >= 11 is 0. The van der Waals surface area contributed by atoms with Crippen LogP contribution >= 0.6 is 0 Å². The Labute approximate surface area is 139 Å². The molecule has 1 N–H and O–H groups in total. The Kier molecular flexibility index (Phi) is 5.15. The molecule has 1 aromatic rings. The van der Waals surface area contributed by atoms with Gasteiger partial charge in [0.05, 0.1) is 6.10 Å². The smallest absolute Gasteiger partial charge is 0.269 e. The van der Waals surface area contributed by atoms with Gasteiger partial charge in [-0.15, -0.1) is 0 Å².